The number of benzene rings is 2. The molecule has 0 atom stereocenters. The molecule has 1 aliphatic carbocycles. The van der Waals surface area contributed by atoms with Crippen LogP contribution in [0.25, 0.3) is 11.4 Å². The lowest BCUT2D eigenvalue weighted by Gasteiger charge is -2.34. The Morgan fingerprint density at radius 1 is 1.03 bits per heavy atom. The second-order valence-corrected chi connectivity index (χ2v) is 8.05. The Kier molecular flexibility index (Phi) is 5.57. The summed E-state index contributed by atoms with van der Waals surface area (Å²) in [5.41, 5.74) is 3.13. The Morgan fingerprint density at radius 3 is 2.43 bits per heavy atom. The number of methoxy groups -OCH3 is 1. The molecule has 30 heavy (non-hydrogen) atoms. The Hall–Kier alpha value is -3.15. The van der Waals surface area contributed by atoms with Gasteiger partial charge in [-0.15, -0.1) is 0 Å². The van der Waals surface area contributed by atoms with Gasteiger partial charge in [0, 0.05) is 11.1 Å². The molecule has 156 valence electrons. The summed E-state index contributed by atoms with van der Waals surface area (Å²) in [7, 11) is 1.63. The second-order valence-electron chi connectivity index (χ2n) is 8.05. The van der Waals surface area contributed by atoms with Gasteiger partial charge in [-0.25, -0.2) is 0 Å². The van der Waals surface area contributed by atoms with Crippen LogP contribution < -0.4 is 10.1 Å². The van der Waals surface area contributed by atoms with E-state index in [1.165, 1.54) is 5.56 Å². The molecule has 1 saturated carbocycles. The summed E-state index contributed by atoms with van der Waals surface area (Å²) in [6.07, 6.45) is 4.73. The maximum absolute atomic E-state index is 13.1. The van der Waals surface area contributed by atoms with Crippen LogP contribution in [-0.4, -0.2) is 23.2 Å². The van der Waals surface area contributed by atoms with Crippen molar-refractivity contribution in [3.63, 3.8) is 0 Å². The number of nitrogens with zero attached hydrogens (tertiary/aromatic N) is 2. The minimum atomic E-state index is -0.633. The predicted molar refractivity (Wildman–Crippen MR) is 114 cm³/mol. The van der Waals surface area contributed by atoms with Crippen LogP contribution in [0.1, 0.15) is 59.5 Å². The van der Waals surface area contributed by atoms with E-state index in [0.29, 0.717) is 17.3 Å². The van der Waals surface area contributed by atoms with E-state index >= 15 is 0 Å². The van der Waals surface area contributed by atoms with Crippen molar-refractivity contribution in [1.29, 1.82) is 0 Å². The normalized spacial score (nSPS) is 15.6. The SMILES string of the molecule is COc1ccc(-c2noc(C3(NC(=O)c4ccc(C)c(C)c4)CCCCC3)n2)cc1. The van der Waals surface area contributed by atoms with E-state index in [9.17, 15) is 4.79 Å². The average molecular weight is 405 g/mol. The first-order chi connectivity index (χ1) is 14.5. The maximum atomic E-state index is 13.1. The van der Waals surface area contributed by atoms with Crippen LogP contribution in [0.2, 0.25) is 0 Å². The molecule has 0 spiro atoms. The Balaban J connectivity index is 1.62. The summed E-state index contributed by atoms with van der Waals surface area (Å²) in [5, 5.41) is 7.43. The van der Waals surface area contributed by atoms with E-state index in [1.54, 1.807) is 7.11 Å². The van der Waals surface area contributed by atoms with Crippen molar-refractivity contribution >= 4 is 5.91 Å². The summed E-state index contributed by atoms with van der Waals surface area (Å²) in [6, 6.07) is 13.3. The van der Waals surface area contributed by atoms with E-state index in [-0.39, 0.29) is 5.91 Å². The molecule has 1 aliphatic rings. The molecule has 2 aromatic carbocycles. The molecular formula is C24H27N3O3. The predicted octanol–water partition coefficient (Wildman–Crippen LogP) is 4.95. The van der Waals surface area contributed by atoms with Gasteiger partial charge in [0.25, 0.3) is 11.8 Å². The zero-order chi connectivity index (χ0) is 21.1. The van der Waals surface area contributed by atoms with Gasteiger partial charge in [-0.1, -0.05) is 30.5 Å². The molecular weight excluding hydrogens is 378 g/mol. The summed E-state index contributed by atoms with van der Waals surface area (Å²) in [6.45, 7) is 4.06. The van der Waals surface area contributed by atoms with E-state index in [2.05, 4.69) is 15.5 Å². The van der Waals surface area contributed by atoms with E-state index in [4.69, 9.17) is 9.26 Å². The number of amides is 1. The standard InChI is InChI=1S/C24H27N3O3/c1-16-7-8-19(15-17(16)2)22(28)26-24(13-5-4-6-14-24)23-25-21(27-30-23)18-9-11-20(29-3)12-10-18/h7-12,15H,4-6,13-14H2,1-3H3,(H,26,28). The Bertz CT molecular complexity index is 1030. The first-order valence-corrected chi connectivity index (χ1v) is 10.4. The average Bonchev–Trinajstić information content (AvgIpc) is 3.27. The monoisotopic (exact) mass is 405 g/mol. The molecule has 1 N–H and O–H groups in total. The third kappa shape index (κ3) is 3.95. The van der Waals surface area contributed by atoms with Crippen LogP contribution in [0.5, 0.6) is 5.75 Å². The molecule has 1 aromatic heterocycles. The summed E-state index contributed by atoms with van der Waals surface area (Å²) in [5.74, 6) is 1.65. The van der Waals surface area contributed by atoms with E-state index in [1.807, 2.05) is 56.3 Å². The van der Waals surface area contributed by atoms with Crippen LogP contribution >= 0.6 is 0 Å². The smallest absolute Gasteiger partial charge is 0.252 e. The van der Waals surface area contributed by atoms with Crippen molar-refractivity contribution in [1.82, 2.24) is 15.5 Å². The summed E-state index contributed by atoms with van der Waals surface area (Å²) >= 11 is 0. The fourth-order valence-corrected chi connectivity index (χ4v) is 4.00. The van der Waals surface area contributed by atoms with Crippen molar-refractivity contribution in [3.8, 4) is 17.1 Å². The molecule has 1 fully saturated rings. The van der Waals surface area contributed by atoms with Gasteiger partial charge in [0.1, 0.15) is 11.3 Å². The molecule has 0 unspecified atom stereocenters. The number of hydrogen-bond acceptors (Lipinski definition) is 5. The highest BCUT2D eigenvalue weighted by molar-refractivity contribution is 5.95. The molecule has 0 aliphatic heterocycles. The van der Waals surface area contributed by atoms with Crippen molar-refractivity contribution in [2.45, 2.75) is 51.5 Å². The molecule has 0 radical (unpaired) electrons. The van der Waals surface area contributed by atoms with Gasteiger partial charge in [0.15, 0.2) is 0 Å². The Morgan fingerprint density at radius 2 is 1.77 bits per heavy atom. The lowest BCUT2D eigenvalue weighted by Crippen LogP contribution is -2.47. The number of hydrogen-bond donors (Lipinski definition) is 1. The topological polar surface area (TPSA) is 77.3 Å². The minimum absolute atomic E-state index is 0.107. The Labute approximate surface area is 176 Å². The molecule has 3 aromatic rings. The van der Waals surface area contributed by atoms with E-state index < -0.39 is 5.54 Å². The summed E-state index contributed by atoms with van der Waals surface area (Å²) in [4.78, 5) is 17.8. The largest absolute Gasteiger partial charge is 0.497 e. The fraction of sp³-hybridized carbons (Fsp3) is 0.375. The third-order valence-electron chi connectivity index (χ3n) is 6.01. The zero-order valence-electron chi connectivity index (χ0n) is 17.7. The lowest BCUT2D eigenvalue weighted by molar-refractivity contribution is 0.0824. The second kappa shape index (κ2) is 8.30. The highest BCUT2D eigenvalue weighted by Crippen LogP contribution is 2.37. The quantitative estimate of drug-likeness (QED) is 0.650. The van der Waals surface area contributed by atoms with Crippen LogP contribution in [0.15, 0.2) is 47.0 Å². The molecule has 4 rings (SSSR count). The highest BCUT2D eigenvalue weighted by atomic mass is 16.5. The van der Waals surface area contributed by atoms with Gasteiger partial charge >= 0.3 is 0 Å². The molecule has 1 heterocycles. The fourth-order valence-electron chi connectivity index (χ4n) is 4.00. The molecule has 1 amide bonds. The van der Waals surface area contributed by atoms with Crippen molar-refractivity contribution < 1.29 is 14.1 Å². The number of rotatable bonds is 5. The van der Waals surface area contributed by atoms with E-state index in [0.717, 1.165) is 49.0 Å². The van der Waals surface area contributed by atoms with Crippen molar-refractivity contribution in [2.75, 3.05) is 7.11 Å². The molecule has 0 bridgehead atoms. The van der Waals surface area contributed by atoms with Gasteiger partial charge in [-0.3, -0.25) is 4.79 Å². The number of aromatic nitrogens is 2. The number of aryl methyl sites for hydroxylation is 2. The van der Waals surface area contributed by atoms with Gasteiger partial charge in [0.05, 0.1) is 7.11 Å². The highest BCUT2D eigenvalue weighted by Gasteiger charge is 2.41. The number of carbonyl (C=O) groups excluding carboxylic acids is 1. The van der Waals surface area contributed by atoms with Crippen LogP contribution in [0.4, 0.5) is 0 Å². The lowest BCUT2D eigenvalue weighted by atomic mass is 9.81. The third-order valence-corrected chi connectivity index (χ3v) is 6.01. The summed E-state index contributed by atoms with van der Waals surface area (Å²) < 4.78 is 10.9. The van der Waals surface area contributed by atoms with Crippen LogP contribution in [0.3, 0.4) is 0 Å². The van der Waals surface area contributed by atoms with Crippen molar-refractivity contribution in [2.24, 2.45) is 0 Å². The first kappa shape index (κ1) is 20.1. The number of nitrogens with one attached hydrogen (secondary N) is 1. The minimum Gasteiger partial charge on any atom is -0.497 e. The van der Waals surface area contributed by atoms with Gasteiger partial charge < -0.3 is 14.6 Å². The molecule has 0 saturated heterocycles. The van der Waals surface area contributed by atoms with Gasteiger partial charge in [-0.05, 0) is 74.2 Å². The maximum Gasteiger partial charge on any atom is 0.252 e. The van der Waals surface area contributed by atoms with Crippen LogP contribution in [0, 0.1) is 13.8 Å². The van der Waals surface area contributed by atoms with Crippen molar-refractivity contribution in [3.05, 3.63) is 65.0 Å². The number of carbonyl (C=O) groups is 1. The van der Waals surface area contributed by atoms with Gasteiger partial charge in [0.2, 0.25) is 5.82 Å². The number of ether oxygens (including phenoxy) is 1. The zero-order valence-corrected chi connectivity index (χ0v) is 17.7. The first-order valence-electron chi connectivity index (χ1n) is 10.4. The van der Waals surface area contributed by atoms with Crippen LogP contribution in [-0.2, 0) is 5.54 Å². The molecule has 6 nitrogen and oxygen atoms in total. The van der Waals surface area contributed by atoms with Gasteiger partial charge in [-0.2, -0.15) is 4.98 Å². The molecule has 6 heteroatoms.